The van der Waals surface area contributed by atoms with E-state index in [0.717, 1.165) is 5.56 Å². The lowest BCUT2D eigenvalue weighted by atomic mass is 10.1. The van der Waals surface area contributed by atoms with Crippen molar-refractivity contribution >= 4 is 41.2 Å². The summed E-state index contributed by atoms with van der Waals surface area (Å²) in [6.45, 7) is 1.56. The van der Waals surface area contributed by atoms with Crippen LogP contribution in [0.15, 0.2) is 65.8 Å². The summed E-state index contributed by atoms with van der Waals surface area (Å²) in [5.41, 5.74) is 3.93. The van der Waals surface area contributed by atoms with E-state index < -0.39 is 24.0 Å². The molecule has 11 heteroatoms. The maximum absolute atomic E-state index is 13.1. The zero-order valence-electron chi connectivity index (χ0n) is 21.9. The number of nitrogens with one attached hydrogen (secondary N) is 2. The molecule has 0 aliphatic carbocycles. The van der Waals surface area contributed by atoms with Crippen LogP contribution in [0.4, 0.5) is 0 Å². The number of benzene rings is 3. The van der Waals surface area contributed by atoms with Crippen LogP contribution in [0.2, 0.25) is 10.0 Å². The van der Waals surface area contributed by atoms with Crippen LogP contribution in [-0.4, -0.2) is 51.5 Å². The second kappa shape index (κ2) is 14.3. The first kappa shape index (κ1) is 29.6. The van der Waals surface area contributed by atoms with Crippen LogP contribution in [0.25, 0.3) is 0 Å². The number of hydrazone groups is 1. The fourth-order valence-electron chi connectivity index (χ4n) is 3.59. The lowest BCUT2D eigenvalue weighted by molar-refractivity contribution is -0.132. The Morgan fingerprint density at radius 2 is 1.56 bits per heavy atom. The Morgan fingerprint density at radius 3 is 2.15 bits per heavy atom. The van der Waals surface area contributed by atoms with Gasteiger partial charge in [0.15, 0.2) is 17.6 Å². The Labute approximate surface area is 237 Å². The van der Waals surface area contributed by atoms with E-state index in [1.807, 2.05) is 30.3 Å². The van der Waals surface area contributed by atoms with Gasteiger partial charge in [-0.05, 0) is 42.8 Å². The molecule has 0 saturated heterocycles. The molecule has 3 aromatic rings. The van der Waals surface area contributed by atoms with E-state index >= 15 is 0 Å². The van der Waals surface area contributed by atoms with E-state index in [4.69, 9.17) is 42.1 Å². The Kier molecular flexibility index (Phi) is 10.8. The number of hydrogen-bond donors (Lipinski definition) is 2. The van der Waals surface area contributed by atoms with Gasteiger partial charge in [-0.2, -0.15) is 5.10 Å². The minimum Gasteiger partial charge on any atom is -0.493 e. The third-order valence-electron chi connectivity index (χ3n) is 5.56. The molecular formula is C28H29Cl2N3O6. The molecule has 39 heavy (non-hydrogen) atoms. The summed E-state index contributed by atoms with van der Waals surface area (Å²) < 4.78 is 21.7. The lowest BCUT2D eigenvalue weighted by Crippen LogP contribution is -2.50. The van der Waals surface area contributed by atoms with Crippen molar-refractivity contribution in [2.24, 2.45) is 5.10 Å². The number of amides is 2. The summed E-state index contributed by atoms with van der Waals surface area (Å²) in [5, 5.41) is 7.51. The van der Waals surface area contributed by atoms with E-state index in [2.05, 4.69) is 15.8 Å². The van der Waals surface area contributed by atoms with Crippen molar-refractivity contribution in [2.75, 3.05) is 21.3 Å². The highest BCUT2D eigenvalue weighted by molar-refractivity contribution is 6.35. The van der Waals surface area contributed by atoms with Gasteiger partial charge in [0.1, 0.15) is 11.8 Å². The molecule has 2 amide bonds. The van der Waals surface area contributed by atoms with Gasteiger partial charge in [-0.3, -0.25) is 9.59 Å². The van der Waals surface area contributed by atoms with Gasteiger partial charge in [0.25, 0.3) is 11.8 Å². The van der Waals surface area contributed by atoms with Crippen LogP contribution in [0.5, 0.6) is 23.0 Å². The molecule has 0 bridgehead atoms. The number of methoxy groups -OCH3 is 3. The zero-order chi connectivity index (χ0) is 28.4. The molecule has 0 aliphatic rings. The quantitative estimate of drug-likeness (QED) is 0.241. The minimum absolute atomic E-state index is 0.229. The molecule has 0 heterocycles. The number of carbonyl (C=O) groups excluding carboxylic acids is 2. The predicted molar refractivity (Wildman–Crippen MR) is 150 cm³/mol. The minimum atomic E-state index is -0.947. The lowest BCUT2D eigenvalue weighted by Gasteiger charge is -2.21. The van der Waals surface area contributed by atoms with Crippen molar-refractivity contribution in [3.8, 4) is 23.0 Å². The molecule has 9 nitrogen and oxygen atoms in total. The average molecular weight is 574 g/mol. The van der Waals surface area contributed by atoms with Crippen LogP contribution >= 0.6 is 23.2 Å². The van der Waals surface area contributed by atoms with Crippen LogP contribution in [0.3, 0.4) is 0 Å². The molecule has 3 aromatic carbocycles. The first-order valence-electron chi connectivity index (χ1n) is 11.8. The fraction of sp³-hybridized carbons (Fsp3) is 0.250. The molecule has 0 aromatic heterocycles. The van der Waals surface area contributed by atoms with Gasteiger partial charge in [0.2, 0.25) is 5.75 Å². The molecule has 0 radical (unpaired) electrons. The third kappa shape index (κ3) is 8.27. The van der Waals surface area contributed by atoms with Crippen molar-refractivity contribution in [3.05, 3.63) is 81.8 Å². The SMILES string of the molecule is COc1cc(/C=N\NC(=O)[C@H](Cc2ccccc2)NC(=O)[C@H](C)Oc2ccc(Cl)cc2Cl)cc(OC)c1OC. The van der Waals surface area contributed by atoms with Gasteiger partial charge in [0.05, 0.1) is 32.6 Å². The third-order valence-corrected chi connectivity index (χ3v) is 6.09. The molecule has 0 unspecified atom stereocenters. The average Bonchev–Trinajstić information content (AvgIpc) is 2.93. The smallest absolute Gasteiger partial charge is 0.262 e. The molecule has 0 aliphatic heterocycles. The fourth-order valence-corrected chi connectivity index (χ4v) is 4.04. The molecule has 2 N–H and O–H groups in total. The first-order chi connectivity index (χ1) is 18.7. The monoisotopic (exact) mass is 573 g/mol. The van der Waals surface area contributed by atoms with Crippen molar-refractivity contribution in [2.45, 2.75) is 25.5 Å². The largest absolute Gasteiger partial charge is 0.493 e. The highest BCUT2D eigenvalue weighted by atomic mass is 35.5. The maximum atomic E-state index is 13.1. The van der Waals surface area contributed by atoms with Crippen LogP contribution in [0.1, 0.15) is 18.1 Å². The van der Waals surface area contributed by atoms with Crippen LogP contribution < -0.4 is 29.7 Å². The highest BCUT2D eigenvalue weighted by Gasteiger charge is 2.25. The van der Waals surface area contributed by atoms with Gasteiger partial charge in [-0.15, -0.1) is 0 Å². The number of nitrogens with zero attached hydrogens (tertiary/aromatic N) is 1. The number of hydrogen-bond acceptors (Lipinski definition) is 7. The van der Waals surface area contributed by atoms with E-state index in [9.17, 15) is 9.59 Å². The molecule has 0 fully saturated rings. The number of ether oxygens (including phenoxy) is 4. The molecule has 2 atom stereocenters. The van der Waals surface area contributed by atoms with Gasteiger partial charge in [-0.25, -0.2) is 5.43 Å². The molecular weight excluding hydrogens is 545 g/mol. The summed E-state index contributed by atoms with van der Waals surface area (Å²) in [7, 11) is 4.51. The number of rotatable bonds is 12. The summed E-state index contributed by atoms with van der Waals surface area (Å²) in [4.78, 5) is 26.1. The number of carbonyl (C=O) groups is 2. The van der Waals surface area contributed by atoms with Gasteiger partial charge < -0.3 is 24.3 Å². The Morgan fingerprint density at radius 1 is 0.897 bits per heavy atom. The topological polar surface area (TPSA) is 107 Å². The zero-order valence-corrected chi connectivity index (χ0v) is 23.4. The standard InChI is InChI=1S/C28H29Cl2N3O6/c1-17(39-23-11-10-20(29)15-21(23)30)27(34)32-22(12-18-8-6-5-7-9-18)28(35)33-31-16-19-13-24(36-2)26(38-4)25(14-19)37-3/h5-11,13-17,22H,12H2,1-4H3,(H,32,34)(H,33,35)/b31-16-/t17-,22-/m0/s1. The van der Waals surface area contributed by atoms with Crippen molar-refractivity contribution < 1.29 is 28.5 Å². The van der Waals surface area contributed by atoms with Gasteiger partial charge >= 0.3 is 0 Å². The van der Waals surface area contributed by atoms with Crippen molar-refractivity contribution in [1.29, 1.82) is 0 Å². The highest BCUT2D eigenvalue weighted by Crippen LogP contribution is 2.37. The van der Waals surface area contributed by atoms with Crippen LogP contribution in [0, 0.1) is 0 Å². The predicted octanol–water partition coefficient (Wildman–Crippen LogP) is 4.66. The van der Waals surface area contributed by atoms with E-state index in [1.165, 1.54) is 33.6 Å². The molecule has 0 saturated carbocycles. The number of halogens is 2. The van der Waals surface area contributed by atoms with Crippen molar-refractivity contribution in [1.82, 2.24) is 10.7 Å². The van der Waals surface area contributed by atoms with E-state index in [1.54, 1.807) is 31.2 Å². The normalized spacial score (nSPS) is 12.4. The van der Waals surface area contributed by atoms with Crippen LogP contribution in [-0.2, 0) is 16.0 Å². The summed E-state index contributed by atoms with van der Waals surface area (Å²) in [6.07, 6.45) is 0.711. The van der Waals surface area contributed by atoms with E-state index in [0.29, 0.717) is 33.6 Å². The Balaban J connectivity index is 1.74. The maximum Gasteiger partial charge on any atom is 0.262 e. The van der Waals surface area contributed by atoms with Gasteiger partial charge in [0, 0.05) is 17.0 Å². The van der Waals surface area contributed by atoms with E-state index in [-0.39, 0.29) is 11.4 Å². The second-order valence-electron chi connectivity index (χ2n) is 8.28. The Hall–Kier alpha value is -3.95. The van der Waals surface area contributed by atoms with Gasteiger partial charge in [-0.1, -0.05) is 53.5 Å². The summed E-state index contributed by atoms with van der Waals surface area (Å²) >= 11 is 12.1. The first-order valence-corrected chi connectivity index (χ1v) is 12.6. The molecule has 3 rings (SSSR count). The molecule has 206 valence electrons. The molecule has 0 spiro atoms. The second-order valence-corrected chi connectivity index (χ2v) is 9.12. The van der Waals surface area contributed by atoms with Crippen molar-refractivity contribution in [3.63, 3.8) is 0 Å². The Bertz CT molecular complexity index is 1290. The summed E-state index contributed by atoms with van der Waals surface area (Å²) in [6, 6.07) is 16.4. The summed E-state index contributed by atoms with van der Waals surface area (Å²) in [5.74, 6) is 0.575.